The molecule has 128 valence electrons. The maximum Gasteiger partial charge on any atom is 0.274 e. The second-order valence-corrected chi connectivity index (χ2v) is 6.33. The molecule has 1 aliphatic heterocycles. The van der Waals surface area contributed by atoms with Crippen LogP contribution in [0.5, 0.6) is 0 Å². The lowest BCUT2D eigenvalue weighted by Crippen LogP contribution is -2.31. The van der Waals surface area contributed by atoms with E-state index in [9.17, 15) is 4.79 Å². The Hall–Kier alpha value is -2.96. The molecule has 0 bridgehead atoms. The Morgan fingerprint density at radius 2 is 2.12 bits per heavy atom. The monoisotopic (exact) mass is 336 g/mol. The second kappa shape index (κ2) is 6.16. The average molecular weight is 336 g/mol. The summed E-state index contributed by atoms with van der Waals surface area (Å²) in [7, 11) is 1.81. The zero-order chi connectivity index (χ0) is 17.4. The lowest BCUT2D eigenvalue weighted by molar-refractivity contribution is 0.0727. The van der Waals surface area contributed by atoms with Gasteiger partial charge in [-0.3, -0.25) is 9.78 Å². The maximum absolute atomic E-state index is 13.0. The van der Waals surface area contributed by atoms with Crippen LogP contribution in [0.2, 0.25) is 0 Å². The fourth-order valence-corrected chi connectivity index (χ4v) is 3.33. The van der Waals surface area contributed by atoms with Crippen molar-refractivity contribution in [1.82, 2.24) is 24.3 Å². The minimum Gasteiger partial charge on any atom is -0.372 e. The molecule has 1 atom stereocenters. The third kappa shape index (κ3) is 2.82. The highest BCUT2D eigenvalue weighted by Crippen LogP contribution is 2.32. The molecule has 3 aromatic heterocycles. The Labute approximate surface area is 145 Å². The van der Waals surface area contributed by atoms with Crippen molar-refractivity contribution >= 4 is 17.4 Å². The minimum atomic E-state index is -0.0557. The SMILES string of the molecule is CNc1cncc([C@@H]2CCCN2C(=O)c2cn3cc(C)ccc3n2)n1. The van der Waals surface area contributed by atoms with Crippen LogP contribution in [0.15, 0.2) is 36.9 Å². The van der Waals surface area contributed by atoms with Crippen LogP contribution in [0.3, 0.4) is 0 Å². The van der Waals surface area contributed by atoms with Crippen LogP contribution >= 0.6 is 0 Å². The van der Waals surface area contributed by atoms with E-state index in [0.717, 1.165) is 29.7 Å². The number of imidazole rings is 1. The summed E-state index contributed by atoms with van der Waals surface area (Å²) >= 11 is 0. The Morgan fingerprint density at radius 1 is 1.24 bits per heavy atom. The third-order valence-corrected chi connectivity index (χ3v) is 4.58. The number of rotatable bonds is 3. The lowest BCUT2D eigenvalue weighted by atomic mass is 10.1. The molecule has 3 aromatic rings. The molecule has 0 saturated carbocycles. The van der Waals surface area contributed by atoms with Gasteiger partial charge >= 0.3 is 0 Å². The average Bonchev–Trinajstić information content (AvgIpc) is 3.27. The number of pyridine rings is 1. The summed E-state index contributed by atoms with van der Waals surface area (Å²) in [5, 5.41) is 3.00. The number of fused-ring (bicyclic) bond motifs is 1. The maximum atomic E-state index is 13.0. The number of anilines is 1. The molecule has 1 amide bonds. The lowest BCUT2D eigenvalue weighted by Gasteiger charge is -2.23. The van der Waals surface area contributed by atoms with E-state index in [1.54, 1.807) is 18.6 Å². The van der Waals surface area contributed by atoms with E-state index in [1.165, 1.54) is 0 Å². The quantitative estimate of drug-likeness (QED) is 0.795. The first-order valence-electron chi connectivity index (χ1n) is 8.42. The Balaban J connectivity index is 1.65. The zero-order valence-electron chi connectivity index (χ0n) is 14.3. The smallest absolute Gasteiger partial charge is 0.274 e. The van der Waals surface area contributed by atoms with Gasteiger partial charge in [-0.25, -0.2) is 9.97 Å². The van der Waals surface area contributed by atoms with Gasteiger partial charge in [-0.1, -0.05) is 6.07 Å². The number of likely N-dealkylation sites (tertiary alicyclic amines) is 1. The summed E-state index contributed by atoms with van der Waals surface area (Å²) in [4.78, 5) is 28.2. The molecule has 4 rings (SSSR count). The zero-order valence-corrected chi connectivity index (χ0v) is 14.3. The molecule has 0 unspecified atom stereocenters. The van der Waals surface area contributed by atoms with Crippen molar-refractivity contribution in [3.8, 4) is 0 Å². The predicted molar refractivity (Wildman–Crippen MR) is 94.5 cm³/mol. The van der Waals surface area contributed by atoms with Gasteiger partial charge in [0.1, 0.15) is 17.2 Å². The summed E-state index contributed by atoms with van der Waals surface area (Å²) in [6.45, 7) is 2.73. The van der Waals surface area contributed by atoms with Crippen LogP contribution in [-0.2, 0) is 0 Å². The molecule has 4 heterocycles. The molecule has 7 heteroatoms. The molecule has 1 N–H and O–H groups in total. The molecule has 7 nitrogen and oxygen atoms in total. The number of hydrogen-bond acceptors (Lipinski definition) is 5. The highest BCUT2D eigenvalue weighted by molar-refractivity contribution is 5.93. The fourth-order valence-electron chi connectivity index (χ4n) is 3.33. The van der Waals surface area contributed by atoms with E-state index in [-0.39, 0.29) is 11.9 Å². The molecule has 25 heavy (non-hydrogen) atoms. The molecule has 0 aromatic carbocycles. The van der Waals surface area contributed by atoms with Crippen molar-refractivity contribution in [2.45, 2.75) is 25.8 Å². The molecule has 1 aliphatic rings. The predicted octanol–water partition coefficient (Wildman–Crippen LogP) is 2.45. The third-order valence-electron chi connectivity index (χ3n) is 4.58. The van der Waals surface area contributed by atoms with Gasteiger partial charge in [0.05, 0.1) is 24.1 Å². The number of aryl methyl sites for hydroxylation is 1. The van der Waals surface area contributed by atoms with Crippen molar-refractivity contribution in [1.29, 1.82) is 0 Å². The highest BCUT2D eigenvalue weighted by atomic mass is 16.2. The summed E-state index contributed by atoms with van der Waals surface area (Å²) in [5.74, 6) is 0.653. The molecular formula is C18H20N6O. The van der Waals surface area contributed by atoms with Crippen molar-refractivity contribution in [2.24, 2.45) is 0 Å². The first-order chi connectivity index (χ1) is 12.2. The van der Waals surface area contributed by atoms with Gasteiger partial charge < -0.3 is 14.6 Å². The van der Waals surface area contributed by atoms with Crippen molar-refractivity contribution < 1.29 is 4.79 Å². The van der Waals surface area contributed by atoms with Gasteiger partial charge in [-0.15, -0.1) is 0 Å². The summed E-state index contributed by atoms with van der Waals surface area (Å²) < 4.78 is 1.90. The largest absolute Gasteiger partial charge is 0.372 e. The van der Waals surface area contributed by atoms with Crippen LogP contribution in [0.25, 0.3) is 5.65 Å². The van der Waals surface area contributed by atoms with E-state index in [0.29, 0.717) is 18.1 Å². The summed E-state index contributed by atoms with van der Waals surface area (Å²) in [6, 6.07) is 3.86. The highest BCUT2D eigenvalue weighted by Gasteiger charge is 2.33. The number of carbonyl (C=O) groups is 1. The van der Waals surface area contributed by atoms with Crippen LogP contribution in [0.4, 0.5) is 5.82 Å². The van der Waals surface area contributed by atoms with Gasteiger partial charge in [-0.2, -0.15) is 0 Å². The number of amides is 1. The first-order valence-corrected chi connectivity index (χ1v) is 8.42. The van der Waals surface area contributed by atoms with Crippen LogP contribution in [0, 0.1) is 6.92 Å². The van der Waals surface area contributed by atoms with E-state index in [2.05, 4.69) is 20.3 Å². The van der Waals surface area contributed by atoms with E-state index in [1.807, 2.05) is 41.6 Å². The number of carbonyl (C=O) groups excluding carboxylic acids is 1. The normalized spacial score (nSPS) is 17.2. The number of nitrogens with zero attached hydrogens (tertiary/aromatic N) is 5. The molecular weight excluding hydrogens is 316 g/mol. The number of nitrogens with one attached hydrogen (secondary N) is 1. The van der Waals surface area contributed by atoms with Gasteiger partial charge in [0, 0.05) is 26.0 Å². The topological polar surface area (TPSA) is 75.4 Å². The van der Waals surface area contributed by atoms with Gasteiger partial charge in [0.15, 0.2) is 0 Å². The Bertz CT molecular complexity index is 934. The van der Waals surface area contributed by atoms with E-state index >= 15 is 0 Å². The molecule has 0 radical (unpaired) electrons. The van der Waals surface area contributed by atoms with Gasteiger partial charge in [-0.05, 0) is 31.4 Å². The van der Waals surface area contributed by atoms with E-state index < -0.39 is 0 Å². The van der Waals surface area contributed by atoms with Crippen LogP contribution in [-0.4, -0.2) is 43.8 Å². The van der Waals surface area contributed by atoms with Crippen molar-refractivity contribution in [3.63, 3.8) is 0 Å². The standard InChI is InChI=1S/C18H20N6O/c1-12-5-6-17-22-14(11-23(17)10-12)18(25)24-7-3-4-15(24)13-8-20-9-16(19-2)21-13/h5-6,8-11,15H,3-4,7H2,1-2H3,(H,19,21)/t15-/m0/s1. The van der Waals surface area contributed by atoms with Crippen LogP contribution in [0.1, 0.15) is 40.6 Å². The van der Waals surface area contributed by atoms with Crippen molar-refractivity contribution in [3.05, 3.63) is 53.9 Å². The van der Waals surface area contributed by atoms with Gasteiger partial charge in [0.2, 0.25) is 0 Å². The van der Waals surface area contributed by atoms with Crippen molar-refractivity contribution in [2.75, 3.05) is 18.9 Å². The minimum absolute atomic E-state index is 0.0551. The molecule has 0 spiro atoms. The first kappa shape index (κ1) is 15.6. The molecule has 0 aliphatic carbocycles. The molecule has 1 saturated heterocycles. The Morgan fingerprint density at radius 3 is 2.96 bits per heavy atom. The van der Waals surface area contributed by atoms with E-state index in [4.69, 9.17) is 0 Å². The summed E-state index contributed by atoms with van der Waals surface area (Å²) in [6.07, 6.45) is 9.03. The second-order valence-electron chi connectivity index (χ2n) is 6.33. The fraction of sp³-hybridized carbons (Fsp3) is 0.333. The van der Waals surface area contributed by atoms with Gasteiger partial charge in [0.25, 0.3) is 5.91 Å². The summed E-state index contributed by atoms with van der Waals surface area (Å²) in [5.41, 5.74) is 3.19. The molecule has 1 fully saturated rings. The Kier molecular flexibility index (Phi) is 3.83. The number of aromatic nitrogens is 4. The number of hydrogen-bond donors (Lipinski definition) is 1. The van der Waals surface area contributed by atoms with Crippen LogP contribution < -0.4 is 5.32 Å².